The Balaban J connectivity index is 1.93. The molecule has 2 aromatic carbocycles. The average Bonchev–Trinajstić information content (AvgIpc) is 2.82. The molecule has 7 heteroatoms. The van der Waals surface area contributed by atoms with E-state index >= 15 is 0 Å². The van der Waals surface area contributed by atoms with Gasteiger partial charge in [-0.05, 0) is 30.7 Å². The molecule has 0 saturated carbocycles. The Hall–Kier alpha value is -3.09. The van der Waals surface area contributed by atoms with Gasteiger partial charge in [-0.1, -0.05) is 6.07 Å². The highest BCUT2D eigenvalue weighted by atomic mass is 16.6. The number of nitro benzene ring substituents is 1. The Labute approximate surface area is 119 Å². The molecule has 7 nitrogen and oxygen atoms in total. The summed E-state index contributed by atoms with van der Waals surface area (Å²) >= 11 is 0. The number of phenols is 1. The molecule has 106 valence electrons. The highest BCUT2D eigenvalue weighted by Crippen LogP contribution is 2.31. The van der Waals surface area contributed by atoms with Gasteiger partial charge in [-0.25, -0.2) is 0 Å². The molecule has 2 N–H and O–H groups in total. The van der Waals surface area contributed by atoms with Crippen LogP contribution in [0.3, 0.4) is 0 Å². The molecule has 0 unspecified atom stereocenters. The summed E-state index contributed by atoms with van der Waals surface area (Å²) in [4.78, 5) is 14.3. The summed E-state index contributed by atoms with van der Waals surface area (Å²) < 4.78 is 5.52. The molecule has 0 aliphatic rings. The Morgan fingerprint density at radius 3 is 2.81 bits per heavy atom. The molecule has 0 atom stereocenters. The van der Waals surface area contributed by atoms with Crippen molar-refractivity contribution in [2.75, 3.05) is 5.32 Å². The number of oxazole rings is 1. The zero-order chi connectivity index (χ0) is 15.0. The number of hydrogen-bond donors (Lipinski definition) is 2. The molecular weight excluding hydrogens is 274 g/mol. The van der Waals surface area contributed by atoms with E-state index in [4.69, 9.17) is 4.42 Å². The fraction of sp³-hybridized carbons (Fsp3) is 0.0714. The zero-order valence-corrected chi connectivity index (χ0v) is 11.0. The van der Waals surface area contributed by atoms with Crippen molar-refractivity contribution in [3.8, 4) is 5.75 Å². The number of hydrogen-bond acceptors (Lipinski definition) is 6. The number of nitrogens with one attached hydrogen (secondary N) is 1. The number of rotatable bonds is 3. The minimum absolute atomic E-state index is 0.189. The summed E-state index contributed by atoms with van der Waals surface area (Å²) in [6.45, 7) is 1.94. The first-order valence-electron chi connectivity index (χ1n) is 6.14. The lowest BCUT2D eigenvalue weighted by Gasteiger charge is -2.03. The number of nitrogens with zero attached hydrogens (tertiary/aromatic N) is 2. The van der Waals surface area contributed by atoms with Crippen molar-refractivity contribution in [1.82, 2.24) is 4.98 Å². The molecule has 0 amide bonds. The molecule has 1 heterocycles. The minimum Gasteiger partial charge on any atom is -0.506 e. The summed E-state index contributed by atoms with van der Waals surface area (Å²) in [7, 11) is 0. The molecule has 0 radical (unpaired) electrons. The lowest BCUT2D eigenvalue weighted by molar-refractivity contribution is -0.384. The van der Waals surface area contributed by atoms with E-state index < -0.39 is 4.92 Å². The first kappa shape index (κ1) is 12.9. The lowest BCUT2D eigenvalue weighted by Crippen LogP contribution is -1.93. The summed E-state index contributed by atoms with van der Waals surface area (Å²) in [5.74, 6) is -0.248. The summed E-state index contributed by atoms with van der Waals surface area (Å²) in [6, 6.07) is 9.55. The van der Waals surface area contributed by atoms with Gasteiger partial charge in [-0.2, -0.15) is 4.98 Å². The topological polar surface area (TPSA) is 101 Å². The highest BCUT2D eigenvalue weighted by Gasteiger charge is 2.12. The second kappa shape index (κ2) is 4.78. The van der Waals surface area contributed by atoms with E-state index in [1.807, 2.05) is 25.1 Å². The van der Waals surface area contributed by atoms with Gasteiger partial charge in [0.15, 0.2) is 5.58 Å². The molecule has 1 aromatic heterocycles. The number of fused-ring (bicyclic) bond motifs is 1. The number of aromatic hydroxyl groups is 1. The van der Waals surface area contributed by atoms with Gasteiger partial charge >= 0.3 is 0 Å². The SMILES string of the molecule is Cc1ccc2nc(Nc3ccc([N+](=O)[O-])cc3O)oc2c1. The quantitative estimate of drug-likeness (QED) is 0.434. The van der Waals surface area contributed by atoms with Gasteiger partial charge in [0, 0.05) is 6.07 Å². The molecule has 0 bridgehead atoms. The number of phenolic OH excluding ortho intramolecular Hbond substituents is 1. The molecule has 0 saturated heterocycles. The van der Waals surface area contributed by atoms with Crippen LogP contribution in [-0.4, -0.2) is 15.0 Å². The maximum absolute atomic E-state index is 10.6. The molecule has 0 fully saturated rings. The van der Waals surface area contributed by atoms with Crippen molar-refractivity contribution in [3.63, 3.8) is 0 Å². The molecule has 0 aliphatic carbocycles. The highest BCUT2D eigenvalue weighted by molar-refractivity contribution is 5.76. The normalized spacial score (nSPS) is 10.7. The van der Waals surface area contributed by atoms with E-state index in [1.54, 1.807) is 0 Å². The minimum atomic E-state index is -0.578. The van der Waals surface area contributed by atoms with Crippen LogP contribution < -0.4 is 5.32 Å². The van der Waals surface area contributed by atoms with Crippen LogP contribution in [0.2, 0.25) is 0 Å². The van der Waals surface area contributed by atoms with Gasteiger partial charge < -0.3 is 14.8 Å². The second-order valence-electron chi connectivity index (χ2n) is 4.57. The number of aryl methyl sites for hydroxylation is 1. The summed E-state index contributed by atoms with van der Waals surface area (Å²) in [5.41, 5.74) is 2.45. The number of benzene rings is 2. The van der Waals surface area contributed by atoms with E-state index in [1.165, 1.54) is 12.1 Å². The fourth-order valence-corrected chi connectivity index (χ4v) is 1.94. The average molecular weight is 285 g/mol. The maximum Gasteiger partial charge on any atom is 0.300 e. The van der Waals surface area contributed by atoms with Crippen molar-refractivity contribution < 1.29 is 14.4 Å². The third kappa shape index (κ3) is 2.48. The summed E-state index contributed by atoms with van der Waals surface area (Å²) in [5, 5.41) is 23.2. The fourth-order valence-electron chi connectivity index (χ4n) is 1.94. The standard InChI is InChI=1S/C14H11N3O4/c1-8-2-4-11-13(6-8)21-14(16-11)15-10-5-3-9(17(19)20)7-12(10)18/h2-7,18H,1H3,(H,15,16). The Morgan fingerprint density at radius 1 is 1.29 bits per heavy atom. The van der Waals surface area contributed by atoms with Crippen molar-refractivity contribution in [2.45, 2.75) is 6.92 Å². The lowest BCUT2D eigenvalue weighted by atomic mass is 10.2. The maximum atomic E-state index is 10.6. The van der Waals surface area contributed by atoms with Crippen LogP contribution in [0.15, 0.2) is 40.8 Å². The van der Waals surface area contributed by atoms with Crippen LogP contribution in [0.4, 0.5) is 17.4 Å². The van der Waals surface area contributed by atoms with Crippen molar-refractivity contribution >= 4 is 28.5 Å². The molecule has 3 rings (SSSR count). The van der Waals surface area contributed by atoms with Crippen molar-refractivity contribution in [2.24, 2.45) is 0 Å². The van der Waals surface area contributed by atoms with Gasteiger partial charge in [0.2, 0.25) is 0 Å². The first-order valence-corrected chi connectivity index (χ1v) is 6.14. The van der Waals surface area contributed by atoms with Gasteiger partial charge in [-0.15, -0.1) is 0 Å². The third-order valence-corrected chi connectivity index (χ3v) is 2.98. The van der Waals surface area contributed by atoms with Crippen LogP contribution >= 0.6 is 0 Å². The largest absolute Gasteiger partial charge is 0.506 e. The molecule has 21 heavy (non-hydrogen) atoms. The number of anilines is 2. The predicted molar refractivity (Wildman–Crippen MR) is 76.8 cm³/mol. The third-order valence-electron chi connectivity index (χ3n) is 2.98. The van der Waals surface area contributed by atoms with Gasteiger partial charge in [0.05, 0.1) is 16.7 Å². The van der Waals surface area contributed by atoms with Crippen LogP contribution in [0.25, 0.3) is 11.1 Å². The molecule has 0 spiro atoms. The van der Waals surface area contributed by atoms with E-state index in [2.05, 4.69) is 10.3 Å². The van der Waals surface area contributed by atoms with Crippen molar-refractivity contribution in [1.29, 1.82) is 0 Å². The first-order chi connectivity index (χ1) is 10.0. The molecule has 3 aromatic rings. The monoisotopic (exact) mass is 285 g/mol. The number of aromatic nitrogens is 1. The van der Waals surface area contributed by atoms with Crippen LogP contribution in [0, 0.1) is 17.0 Å². The van der Waals surface area contributed by atoms with Crippen LogP contribution in [0.1, 0.15) is 5.56 Å². The van der Waals surface area contributed by atoms with E-state index in [-0.39, 0.29) is 23.1 Å². The zero-order valence-electron chi connectivity index (χ0n) is 11.0. The van der Waals surface area contributed by atoms with Gasteiger partial charge in [0.1, 0.15) is 11.3 Å². The number of non-ortho nitro benzene ring substituents is 1. The van der Waals surface area contributed by atoms with Gasteiger partial charge in [-0.3, -0.25) is 10.1 Å². The Kier molecular flexibility index (Phi) is 2.94. The molecular formula is C14H11N3O4. The van der Waals surface area contributed by atoms with E-state index in [0.717, 1.165) is 11.6 Å². The van der Waals surface area contributed by atoms with E-state index in [0.29, 0.717) is 11.1 Å². The van der Waals surface area contributed by atoms with E-state index in [9.17, 15) is 15.2 Å². The second-order valence-corrected chi connectivity index (χ2v) is 4.57. The van der Waals surface area contributed by atoms with Crippen molar-refractivity contribution in [3.05, 3.63) is 52.1 Å². The smallest absolute Gasteiger partial charge is 0.300 e. The molecule has 0 aliphatic heterocycles. The number of nitro groups is 1. The summed E-state index contributed by atoms with van der Waals surface area (Å²) in [6.07, 6.45) is 0. The van der Waals surface area contributed by atoms with Gasteiger partial charge in [0.25, 0.3) is 11.7 Å². The predicted octanol–water partition coefficient (Wildman–Crippen LogP) is 3.49. The Bertz CT molecular complexity index is 841. The van der Waals surface area contributed by atoms with Crippen LogP contribution in [-0.2, 0) is 0 Å². The van der Waals surface area contributed by atoms with Crippen LogP contribution in [0.5, 0.6) is 5.75 Å². The Morgan fingerprint density at radius 2 is 2.10 bits per heavy atom.